The SMILES string of the molecule is CC(=O)Nc1ccc(N2C(=S)N[C@H](c3ccccn3)[C@H]2c2ccc(C)[nH]2)cc1. The van der Waals surface area contributed by atoms with Crippen LogP contribution in [0.3, 0.4) is 0 Å². The highest BCUT2D eigenvalue weighted by molar-refractivity contribution is 7.80. The maximum atomic E-state index is 11.3. The van der Waals surface area contributed by atoms with Crippen molar-refractivity contribution in [3.8, 4) is 0 Å². The Bertz CT molecular complexity index is 999. The molecule has 4 rings (SSSR count). The van der Waals surface area contributed by atoms with Gasteiger partial charge in [0.05, 0.1) is 11.7 Å². The molecule has 2 atom stereocenters. The summed E-state index contributed by atoms with van der Waals surface area (Å²) in [7, 11) is 0. The molecule has 0 radical (unpaired) electrons. The normalized spacial score (nSPS) is 18.8. The van der Waals surface area contributed by atoms with Crippen LogP contribution in [-0.4, -0.2) is 21.0 Å². The molecule has 7 heteroatoms. The fraction of sp³-hybridized carbons (Fsp3) is 0.190. The second-order valence-electron chi connectivity index (χ2n) is 6.82. The lowest BCUT2D eigenvalue weighted by atomic mass is 10.0. The van der Waals surface area contributed by atoms with Crippen molar-refractivity contribution in [3.05, 3.63) is 77.9 Å². The van der Waals surface area contributed by atoms with E-state index in [1.807, 2.05) is 49.4 Å². The van der Waals surface area contributed by atoms with Crippen LogP contribution in [-0.2, 0) is 4.79 Å². The number of benzene rings is 1. The summed E-state index contributed by atoms with van der Waals surface area (Å²) in [5.41, 5.74) is 4.78. The van der Waals surface area contributed by atoms with Gasteiger partial charge in [0.25, 0.3) is 0 Å². The van der Waals surface area contributed by atoms with Gasteiger partial charge in [0, 0.05) is 35.9 Å². The van der Waals surface area contributed by atoms with Crippen molar-refractivity contribution in [1.29, 1.82) is 0 Å². The molecule has 1 aliphatic rings. The molecule has 1 fully saturated rings. The molecule has 1 amide bonds. The molecule has 0 aliphatic carbocycles. The first-order valence-electron chi connectivity index (χ1n) is 9.07. The maximum absolute atomic E-state index is 11.3. The van der Waals surface area contributed by atoms with Crippen LogP contribution < -0.4 is 15.5 Å². The minimum atomic E-state index is -0.0962. The van der Waals surface area contributed by atoms with Crippen molar-refractivity contribution in [3.63, 3.8) is 0 Å². The number of H-pyrrole nitrogens is 1. The highest BCUT2D eigenvalue weighted by atomic mass is 32.1. The van der Waals surface area contributed by atoms with E-state index in [0.29, 0.717) is 5.11 Å². The van der Waals surface area contributed by atoms with Crippen LogP contribution in [0.25, 0.3) is 0 Å². The van der Waals surface area contributed by atoms with Crippen molar-refractivity contribution >= 4 is 34.6 Å². The summed E-state index contributed by atoms with van der Waals surface area (Å²) in [5, 5.41) is 6.86. The van der Waals surface area contributed by atoms with Crippen LogP contribution in [0, 0.1) is 6.92 Å². The van der Waals surface area contributed by atoms with Gasteiger partial charge in [0.15, 0.2) is 5.11 Å². The number of nitrogens with zero attached hydrogens (tertiary/aromatic N) is 2. The fourth-order valence-electron chi connectivity index (χ4n) is 3.56. The van der Waals surface area contributed by atoms with E-state index in [-0.39, 0.29) is 18.0 Å². The van der Waals surface area contributed by atoms with Crippen LogP contribution in [0.5, 0.6) is 0 Å². The molecule has 1 aliphatic heterocycles. The summed E-state index contributed by atoms with van der Waals surface area (Å²) in [5.74, 6) is -0.0962. The van der Waals surface area contributed by atoms with Crippen LogP contribution in [0.15, 0.2) is 60.8 Å². The van der Waals surface area contributed by atoms with Crippen LogP contribution >= 0.6 is 12.2 Å². The first kappa shape index (κ1) is 18.2. The number of nitrogens with one attached hydrogen (secondary N) is 3. The highest BCUT2D eigenvalue weighted by Gasteiger charge is 2.41. The smallest absolute Gasteiger partial charge is 0.221 e. The number of thiocarbonyl (C=S) groups is 1. The van der Waals surface area contributed by atoms with Crippen LogP contribution in [0.1, 0.15) is 36.1 Å². The van der Waals surface area contributed by atoms with Gasteiger partial charge in [-0.25, -0.2) is 0 Å². The molecule has 0 saturated carbocycles. The third kappa shape index (κ3) is 3.48. The average Bonchev–Trinajstić information content (AvgIpc) is 3.26. The summed E-state index contributed by atoms with van der Waals surface area (Å²) in [6, 6.07) is 17.6. The van der Waals surface area contributed by atoms with Crippen LogP contribution in [0.2, 0.25) is 0 Å². The van der Waals surface area contributed by atoms with Gasteiger partial charge in [-0.2, -0.15) is 0 Å². The van der Waals surface area contributed by atoms with E-state index in [4.69, 9.17) is 12.2 Å². The van der Waals surface area contributed by atoms with Crippen LogP contribution in [0.4, 0.5) is 11.4 Å². The molecular weight excluding hydrogens is 370 g/mol. The van der Waals surface area contributed by atoms with Gasteiger partial charge in [-0.3, -0.25) is 9.78 Å². The Kier molecular flexibility index (Phi) is 4.83. The Morgan fingerprint density at radius 2 is 1.93 bits per heavy atom. The topological polar surface area (TPSA) is 73.1 Å². The van der Waals surface area contributed by atoms with E-state index >= 15 is 0 Å². The zero-order valence-corrected chi connectivity index (χ0v) is 16.5. The van der Waals surface area contributed by atoms with Gasteiger partial charge in [0.1, 0.15) is 6.04 Å². The summed E-state index contributed by atoms with van der Waals surface area (Å²) in [6.07, 6.45) is 1.79. The Hall–Kier alpha value is -3.19. The van der Waals surface area contributed by atoms with Gasteiger partial charge in [-0.15, -0.1) is 0 Å². The molecule has 6 nitrogen and oxygen atoms in total. The number of aromatic nitrogens is 2. The second kappa shape index (κ2) is 7.44. The van der Waals surface area contributed by atoms with Gasteiger partial charge in [-0.1, -0.05) is 6.07 Å². The fourth-order valence-corrected chi connectivity index (χ4v) is 3.90. The Morgan fingerprint density at radius 1 is 1.14 bits per heavy atom. The molecule has 0 spiro atoms. The van der Waals surface area contributed by atoms with Gasteiger partial charge >= 0.3 is 0 Å². The molecular formula is C21H21N5OS. The number of aryl methyl sites for hydroxylation is 1. The van der Waals surface area contributed by atoms with Crippen molar-refractivity contribution in [1.82, 2.24) is 15.3 Å². The number of pyridine rings is 1. The number of amides is 1. The molecule has 1 saturated heterocycles. The van der Waals surface area contributed by atoms with E-state index in [2.05, 4.69) is 37.6 Å². The maximum Gasteiger partial charge on any atom is 0.221 e. The van der Waals surface area contributed by atoms with Crippen molar-refractivity contribution in [2.75, 3.05) is 10.2 Å². The molecule has 142 valence electrons. The standard InChI is InChI=1S/C21H21N5OS/c1-13-6-11-18(23-13)20-19(17-5-3-4-12-22-17)25-21(28)26(20)16-9-7-15(8-10-16)24-14(2)27/h3-12,19-20,23H,1-2H3,(H,24,27)(H,25,28)/t19-,20-/m1/s1. The zero-order chi connectivity index (χ0) is 19.7. The first-order chi connectivity index (χ1) is 13.5. The number of carbonyl (C=O) groups excluding carboxylic acids is 1. The lowest BCUT2D eigenvalue weighted by molar-refractivity contribution is -0.114. The van der Waals surface area contributed by atoms with Gasteiger partial charge in [-0.05, 0) is 67.7 Å². The molecule has 3 heterocycles. The molecule has 1 aromatic carbocycles. The zero-order valence-electron chi connectivity index (χ0n) is 15.6. The number of rotatable bonds is 4. The molecule has 3 N–H and O–H groups in total. The summed E-state index contributed by atoms with van der Waals surface area (Å²) < 4.78 is 0. The minimum absolute atomic E-state index is 0.0669. The summed E-state index contributed by atoms with van der Waals surface area (Å²) in [4.78, 5) is 21.4. The van der Waals surface area contributed by atoms with Gasteiger partial charge in [0.2, 0.25) is 5.91 Å². The summed E-state index contributed by atoms with van der Waals surface area (Å²) >= 11 is 5.69. The largest absolute Gasteiger partial charge is 0.361 e. The summed E-state index contributed by atoms with van der Waals surface area (Å²) in [6.45, 7) is 3.53. The van der Waals surface area contributed by atoms with Crippen molar-refractivity contribution in [2.45, 2.75) is 25.9 Å². The predicted molar refractivity (Wildman–Crippen MR) is 114 cm³/mol. The molecule has 2 aromatic heterocycles. The minimum Gasteiger partial charge on any atom is -0.361 e. The van der Waals surface area contributed by atoms with Gasteiger partial charge < -0.3 is 20.5 Å². The first-order valence-corrected chi connectivity index (χ1v) is 9.47. The number of hydrogen-bond acceptors (Lipinski definition) is 3. The third-order valence-electron chi connectivity index (χ3n) is 4.74. The predicted octanol–water partition coefficient (Wildman–Crippen LogP) is 3.85. The monoisotopic (exact) mass is 391 g/mol. The quantitative estimate of drug-likeness (QED) is 0.589. The Labute approximate surface area is 169 Å². The van der Waals surface area contributed by atoms with E-state index in [0.717, 1.165) is 28.5 Å². The number of aromatic amines is 1. The number of anilines is 2. The molecule has 28 heavy (non-hydrogen) atoms. The van der Waals surface area contributed by atoms with E-state index in [1.165, 1.54) is 6.92 Å². The van der Waals surface area contributed by atoms with E-state index < -0.39 is 0 Å². The van der Waals surface area contributed by atoms with E-state index in [9.17, 15) is 4.79 Å². The van der Waals surface area contributed by atoms with E-state index in [1.54, 1.807) is 6.20 Å². The van der Waals surface area contributed by atoms with Crippen molar-refractivity contribution in [2.24, 2.45) is 0 Å². The average molecular weight is 392 g/mol. The lowest BCUT2D eigenvalue weighted by Gasteiger charge is -2.27. The molecule has 0 bridgehead atoms. The lowest BCUT2D eigenvalue weighted by Crippen LogP contribution is -2.29. The molecule has 3 aromatic rings. The number of hydrogen-bond donors (Lipinski definition) is 3. The molecule has 0 unspecified atom stereocenters. The second-order valence-corrected chi connectivity index (χ2v) is 7.21. The Balaban J connectivity index is 1.74. The highest BCUT2D eigenvalue weighted by Crippen LogP contribution is 2.41. The Morgan fingerprint density at radius 3 is 2.54 bits per heavy atom. The van der Waals surface area contributed by atoms with Crippen molar-refractivity contribution < 1.29 is 4.79 Å². The number of carbonyl (C=O) groups is 1. The third-order valence-corrected chi connectivity index (χ3v) is 5.05.